The van der Waals surface area contributed by atoms with E-state index in [1.807, 2.05) is 25.8 Å². The van der Waals surface area contributed by atoms with Crippen molar-refractivity contribution in [3.05, 3.63) is 45.2 Å². The molecule has 0 aliphatic carbocycles. The lowest BCUT2D eigenvalue weighted by molar-refractivity contribution is -0.480. The van der Waals surface area contributed by atoms with E-state index in [4.69, 9.17) is 12.2 Å². The van der Waals surface area contributed by atoms with Crippen LogP contribution < -0.4 is 0 Å². The lowest BCUT2D eigenvalue weighted by atomic mass is 10.0. The van der Waals surface area contributed by atoms with Crippen LogP contribution in [0, 0.1) is 15.3 Å². The predicted octanol–water partition coefficient (Wildman–Crippen LogP) is 2.59. The molecule has 0 aromatic heterocycles. The Morgan fingerprint density at radius 3 is 2.62 bits per heavy atom. The third-order valence-electron chi connectivity index (χ3n) is 3.54. The number of nitro groups is 1. The number of hydrogen-bond acceptors (Lipinski definition) is 5. The number of rotatable bonds is 3. The summed E-state index contributed by atoms with van der Waals surface area (Å²) in [6, 6.07) is 5.98. The standard InChI is InChI=1S/C13H15N3O3S2/c1-13(2)11(21-12(20)14(13)3)15(17)8-9-5-4-6-10(7-9)16(18)19/h4-8,11H,1-3H3/t11-/m1/s1. The van der Waals surface area contributed by atoms with Crippen molar-refractivity contribution < 1.29 is 9.66 Å². The Hall–Kier alpha value is -1.67. The van der Waals surface area contributed by atoms with Gasteiger partial charge in [-0.1, -0.05) is 18.3 Å². The molecule has 8 heteroatoms. The minimum Gasteiger partial charge on any atom is -0.623 e. The van der Waals surface area contributed by atoms with Gasteiger partial charge < -0.3 is 10.1 Å². The van der Waals surface area contributed by atoms with E-state index in [1.165, 1.54) is 30.1 Å². The van der Waals surface area contributed by atoms with E-state index in [0.29, 0.717) is 9.88 Å². The second-order valence-corrected chi connectivity index (χ2v) is 7.00. The van der Waals surface area contributed by atoms with Crippen molar-refractivity contribution in [1.29, 1.82) is 0 Å². The summed E-state index contributed by atoms with van der Waals surface area (Å²) >= 11 is 6.55. The molecule has 0 spiro atoms. The van der Waals surface area contributed by atoms with Crippen molar-refractivity contribution in [3.8, 4) is 0 Å². The Labute approximate surface area is 132 Å². The first-order valence-electron chi connectivity index (χ1n) is 6.22. The maximum Gasteiger partial charge on any atom is 0.270 e. The van der Waals surface area contributed by atoms with E-state index in [2.05, 4.69) is 0 Å². The normalized spacial score (nSPS) is 21.7. The summed E-state index contributed by atoms with van der Waals surface area (Å²) in [6.07, 6.45) is 1.37. The summed E-state index contributed by atoms with van der Waals surface area (Å²) < 4.78 is 1.48. The molecule has 1 fully saturated rings. The van der Waals surface area contributed by atoms with Gasteiger partial charge >= 0.3 is 0 Å². The number of thiocarbonyl (C=S) groups is 1. The first-order valence-corrected chi connectivity index (χ1v) is 7.51. The molecule has 112 valence electrons. The van der Waals surface area contributed by atoms with Gasteiger partial charge in [0, 0.05) is 24.7 Å². The minimum atomic E-state index is -0.482. The molecule has 21 heavy (non-hydrogen) atoms. The van der Waals surface area contributed by atoms with Gasteiger partial charge in [0.05, 0.1) is 4.92 Å². The molecular formula is C13H15N3O3S2. The van der Waals surface area contributed by atoms with Gasteiger partial charge in [0.2, 0.25) is 5.37 Å². The lowest BCUT2D eigenvalue weighted by Crippen LogP contribution is -2.47. The molecule has 1 atom stereocenters. The molecule has 0 saturated carbocycles. The first kappa shape index (κ1) is 15.7. The van der Waals surface area contributed by atoms with Gasteiger partial charge in [-0.2, -0.15) is 4.74 Å². The number of non-ortho nitro benzene ring substituents is 1. The molecular weight excluding hydrogens is 310 g/mol. The molecule has 0 amide bonds. The van der Waals surface area contributed by atoms with Gasteiger partial charge in [-0.05, 0) is 31.7 Å². The largest absolute Gasteiger partial charge is 0.623 e. The van der Waals surface area contributed by atoms with E-state index < -0.39 is 15.8 Å². The number of nitrogens with zero attached hydrogens (tertiary/aromatic N) is 3. The van der Waals surface area contributed by atoms with Crippen LogP contribution >= 0.6 is 24.0 Å². The summed E-state index contributed by atoms with van der Waals surface area (Å²) in [4.78, 5) is 12.2. The van der Waals surface area contributed by atoms with Crippen LogP contribution in [0.25, 0.3) is 0 Å². The smallest absolute Gasteiger partial charge is 0.270 e. The van der Waals surface area contributed by atoms with Gasteiger partial charge in [0.1, 0.15) is 9.86 Å². The zero-order valence-electron chi connectivity index (χ0n) is 11.8. The minimum absolute atomic E-state index is 0.0388. The SMILES string of the molecule is CN1C(=S)S[C@@H]([N+]([O-])=Cc2cccc([N+](=O)[O-])c2)C1(C)C. The highest BCUT2D eigenvalue weighted by atomic mass is 32.2. The molecule has 1 heterocycles. The summed E-state index contributed by atoms with van der Waals surface area (Å²) in [5.41, 5.74) is 0.0416. The number of thioether (sulfide) groups is 1. The Bertz CT molecular complexity index is 631. The monoisotopic (exact) mass is 325 g/mol. The summed E-state index contributed by atoms with van der Waals surface area (Å²) in [6.45, 7) is 3.88. The van der Waals surface area contributed by atoms with Crippen molar-refractivity contribution in [2.45, 2.75) is 24.8 Å². The van der Waals surface area contributed by atoms with Gasteiger partial charge in [-0.3, -0.25) is 10.1 Å². The Balaban J connectivity index is 2.32. The molecule has 6 nitrogen and oxygen atoms in total. The first-order chi connectivity index (χ1) is 9.73. The third-order valence-corrected chi connectivity index (χ3v) is 5.59. The molecule has 0 radical (unpaired) electrons. The van der Waals surface area contributed by atoms with Gasteiger partial charge in [-0.15, -0.1) is 0 Å². The average molecular weight is 325 g/mol. The number of hydrogen-bond donors (Lipinski definition) is 0. The fourth-order valence-corrected chi connectivity index (χ4v) is 3.72. The van der Waals surface area contributed by atoms with Crippen LogP contribution in [0.4, 0.5) is 5.69 Å². The topological polar surface area (TPSA) is 72.5 Å². The Morgan fingerprint density at radius 1 is 1.43 bits per heavy atom. The third kappa shape index (κ3) is 3.01. The highest BCUT2D eigenvalue weighted by Gasteiger charge is 2.48. The van der Waals surface area contributed by atoms with Gasteiger partial charge in [-0.25, -0.2) is 0 Å². The van der Waals surface area contributed by atoms with Gasteiger partial charge in [0.25, 0.3) is 5.69 Å². The van der Waals surface area contributed by atoms with Crippen molar-refractivity contribution in [2.24, 2.45) is 0 Å². The quantitative estimate of drug-likeness (QED) is 0.212. The van der Waals surface area contributed by atoms with Crippen LogP contribution in [-0.2, 0) is 0 Å². The average Bonchev–Trinajstić information content (AvgIpc) is 2.62. The molecule has 1 saturated heterocycles. The van der Waals surface area contributed by atoms with E-state index in [9.17, 15) is 15.3 Å². The molecule has 1 aliphatic heterocycles. The number of likely N-dealkylation sites (N-methyl/N-ethyl adjacent to an activating group) is 1. The zero-order valence-corrected chi connectivity index (χ0v) is 13.5. The maximum absolute atomic E-state index is 12.4. The molecule has 2 rings (SSSR count). The van der Waals surface area contributed by atoms with Crippen LogP contribution in [0.2, 0.25) is 0 Å². The van der Waals surface area contributed by atoms with Crippen LogP contribution in [-0.4, -0.2) is 43.1 Å². The van der Waals surface area contributed by atoms with E-state index >= 15 is 0 Å². The number of hydroxylamine groups is 1. The second kappa shape index (κ2) is 5.61. The lowest BCUT2D eigenvalue weighted by Gasteiger charge is -2.30. The molecule has 0 unspecified atom stereocenters. The number of nitro benzene ring substituents is 1. The fourth-order valence-electron chi connectivity index (χ4n) is 2.02. The van der Waals surface area contributed by atoms with Crippen molar-refractivity contribution in [2.75, 3.05) is 7.05 Å². The molecule has 1 aliphatic rings. The fraction of sp³-hybridized carbons (Fsp3) is 0.385. The highest BCUT2D eigenvalue weighted by molar-refractivity contribution is 8.23. The van der Waals surface area contributed by atoms with E-state index in [1.54, 1.807) is 12.1 Å². The Kier molecular flexibility index (Phi) is 4.20. The number of benzene rings is 1. The van der Waals surface area contributed by atoms with Crippen LogP contribution in [0.3, 0.4) is 0 Å². The molecule has 1 aromatic carbocycles. The maximum atomic E-state index is 12.4. The van der Waals surface area contributed by atoms with Crippen molar-refractivity contribution >= 4 is 40.2 Å². The summed E-state index contributed by atoms with van der Waals surface area (Å²) in [5.74, 6) is 0. The van der Waals surface area contributed by atoms with E-state index in [0.717, 1.165) is 4.74 Å². The van der Waals surface area contributed by atoms with Crippen molar-refractivity contribution in [3.63, 3.8) is 0 Å². The molecule has 0 N–H and O–H groups in total. The second-order valence-electron chi connectivity index (χ2n) is 5.29. The molecule has 0 bridgehead atoms. The predicted molar refractivity (Wildman–Crippen MR) is 87.7 cm³/mol. The highest BCUT2D eigenvalue weighted by Crippen LogP contribution is 2.38. The van der Waals surface area contributed by atoms with E-state index in [-0.39, 0.29) is 5.69 Å². The van der Waals surface area contributed by atoms with Crippen molar-refractivity contribution in [1.82, 2.24) is 4.90 Å². The van der Waals surface area contributed by atoms with Crippen LogP contribution in [0.1, 0.15) is 19.4 Å². The Morgan fingerprint density at radius 2 is 2.10 bits per heavy atom. The zero-order chi connectivity index (χ0) is 15.8. The van der Waals surface area contributed by atoms with Crippen LogP contribution in [0.5, 0.6) is 0 Å². The summed E-state index contributed by atoms with van der Waals surface area (Å²) in [7, 11) is 1.86. The van der Waals surface area contributed by atoms with Crippen LogP contribution in [0.15, 0.2) is 24.3 Å². The molecule has 1 aromatic rings. The van der Waals surface area contributed by atoms with Gasteiger partial charge in [0.15, 0.2) is 6.21 Å². The summed E-state index contributed by atoms with van der Waals surface area (Å²) in [5, 5.41) is 22.7.